The number of anilines is 1. The molecule has 0 spiro atoms. The SMILES string of the molecule is CC(C)c1ncc(NCCO)cn1. The molecule has 0 aliphatic rings. The van der Waals surface area contributed by atoms with Gasteiger partial charge in [-0.15, -0.1) is 0 Å². The summed E-state index contributed by atoms with van der Waals surface area (Å²) in [5.74, 6) is 1.20. The molecule has 0 bridgehead atoms. The molecular formula is C9H15N3O. The van der Waals surface area contributed by atoms with Crippen molar-refractivity contribution in [2.75, 3.05) is 18.5 Å². The van der Waals surface area contributed by atoms with Gasteiger partial charge in [-0.2, -0.15) is 0 Å². The smallest absolute Gasteiger partial charge is 0.130 e. The Bertz CT molecular complexity index is 246. The van der Waals surface area contributed by atoms with E-state index in [1.165, 1.54) is 0 Å². The number of nitrogens with one attached hydrogen (secondary N) is 1. The van der Waals surface area contributed by atoms with Crippen molar-refractivity contribution in [1.82, 2.24) is 9.97 Å². The standard InChI is InChI=1S/C9H15N3O/c1-7(2)9-11-5-8(6-12-9)10-3-4-13/h5-7,10,13H,3-4H2,1-2H3. The van der Waals surface area contributed by atoms with Crippen molar-refractivity contribution in [1.29, 1.82) is 0 Å². The lowest BCUT2D eigenvalue weighted by Crippen LogP contribution is -2.07. The molecule has 0 aromatic carbocycles. The van der Waals surface area contributed by atoms with Crippen molar-refractivity contribution in [2.45, 2.75) is 19.8 Å². The molecule has 1 aromatic heterocycles. The van der Waals surface area contributed by atoms with Gasteiger partial charge < -0.3 is 10.4 Å². The van der Waals surface area contributed by atoms with Crippen LogP contribution in [0, 0.1) is 0 Å². The van der Waals surface area contributed by atoms with Crippen LogP contribution in [0.5, 0.6) is 0 Å². The fourth-order valence-electron chi connectivity index (χ4n) is 0.928. The Morgan fingerprint density at radius 1 is 1.38 bits per heavy atom. The highest BCUT2D eigenvalue weighted by molar-refractivity contribution is 5.37. The van der Waals surface area contributed by atoms with Crippen LogP contribution in [0.3, 0.4) is 0 Å². The van der Waals surface area contributed by atoms with Gasteiger partial charge in [0.05, 0.1) is 24.7 Å². The van der Waals surface area contributed by atoms with Crippen LogP contribution in [0.4, 0.5) is 5.69 Å². The lowest BCUT2D eigenvalue weighted by molar-refractivity contribution is 0.311. The minimum atomic E-state index is 0.117. The summed E-state index contributed by atoms with van der Waals surface area (Å²) in [7, 11) is 0. The van der Waals surface area contributed by atoms with Gasteiger partial charge in [0.15, 0.2) is 0 Å². The Hall–Kier alpha value is -1.16. The molecule has 0 radical (unpaired) electrons. The van der Waals surface area contributed by atoms with Crippen LogP contribution in [0.1, 0.15) is 25.6 Å². The maximum absolute atomic E-state index is 8.57. The average Bonchev–Trinajstić information content (AvgIpc) is 2.15. The summed E-state index contributed by atoms with van der Waals surface area (Å²) in [5.41, 5.74) is 0.846. The van der Waals surface area contributed by atoms with E-state index in [0.717, 1.165) is 11.5 Å². The molecule has 13 heavy (non-hydrogen) atoms. The lowest BCUT2D eigenvalue weighted by atomic mass is 10.2. The number of nitrogens with zero attached hydrogens (tertiary/aromatic N) is 2. The van der Waals surface area contributed by atoms with E-state index in [2.05, 4.69) is 29.1 Å². The first-order chi connectivity index (χ1) is 6.24. The molecule has 4 heteroatoms. The van der Waals surface area contributed by atoms with E-state index in [4.69, 9.17) is 5.11 Å². The summed E-state index contributed by atoms with van der Waals surface area (Å²) in [6.07, 6.45) is 3.47. The highest BCUT2D eigenvalue weighted by atomic mass is 16.3. The highest BCUT2D eigenvalue weighted by Crippen LogP contribution is 2.09. The third-order valence-electron chi connectivity index (χ3n) is 1.63. The molecule has 0 unspecified atom stereocenters. The second kappa shape index (κ2) is 4.77. The van der Waals surface area contributed by atoms with E-state index in [0.29, 0.717) is 12.5 Å². The lowest BCUT2D eigenvalue weighted by Gasteiger charge is -2.05. The summed E-state index contributed by atoms with van der Waals surface area (Å²) in [4.78, 5) is 8.35. The van der Waals surface area contributed by atoms with E-state index < -0.39 is 0 Å². The molecule has 0 saturated heterocycles. The number of hydrogen-bond donors (Lipinski definition) is 2. The van der Waals surface area contributed by atoms with Crippen molar-refractivity contribution >= 4 is 5.69 Å². The largest absolute Gasteiger partial charge is 0.395 e. The normalized spacial score (nSPS) is 10.5. The molecule has 0 fully saturated rings. The van der Waals surface area contributed by atoms with Gasteiger partial charge in [-0.25, -0.2) is 9.97 Å². The quantitative estimate of drug-likeness (QED) is 0.727. The molecule has 0 aliphatic heterocycles. The van der Waals surface area contributed by atoms with Gasteiger partial charge in [-0.1, -0.05) is 13.8 Å². The Kier molecular flexibility index (Phi) is 3.64. The fourth-order valence-corrected chi connectivity index (χ4v) is 0.928. The fraction of sp³-hybridized carbons (Fsp3) is 0.556. The predicted octanol–water partition coefficient (Wildman–Crippen LogP) is 1.00. The maximum Gasteiger partial charge on any atom is 0.130 e. The van der Waals surface area contributed by atoms with Crippen molar-refractivity contribution in [3.63, 3.8) is 0 Å². The van der Waals surface area contributed by atoms with E-state index in [1.54, 1.807) is 12.4 Å². The molecule has 0 aliphatic carbocycles. The van der Waals surface area contributed by atoms with E-state index >= 15 is 0 Å². The van der Waals surface area contributed by atoms with Crippen molar-refractivity contribution in [3.8, 4) is 0 Å². The Balaban J connectivity index is 2.59. The summed E-state index contributed by atoms with van der Waals surface area (Å²) >= 11 is 0. The molecule has 1 heterocycles. The maximum atomic E-state index is 8.57. The monoisotopic (exact) mass is 181 g/mol. The van der Waals surface area contributed by atoms with Gasteiger partial charge in [-0.3, -0.25) is 0 Å². The van der Waals surface area contributed by atoms with Crippen molar-refractivity contribution < 1.29 is 5.11 Å². The Morgan fingerprint density at radius 3 is 2.46 bits per heavy atom. The van der Waals surface area contributed by atoms with Gasteiger partial charge >= 0.3 is 0 Å². The van der Waals surface area contributed by atoms with Crippen LogP contribution in [-0.2, 0) is 0 Å². The molecular weight excluding hydrogens is 166 g/mol. The van der Waals surface area contributed by atoms with Crippen molar-refractivity contribution in [3.05, 3.63) is 18.2 Å². The molecule has 0 saturated carbocycles. The molecule has 2 N–H and O–H groups in total. The second-order valence-corrected chi connectivity index (χ2v) is 3.14. The summed E-state index contributed by atoms with van der Waals surface area (Å²) in [6, 6.07) is 0. The van der Waals surface area contributed by atoms with E-state index in [1.807, 2.05) is 0 Å². The number of rotatable bonds is 4. The number of hydrogen-bond acceptors (Lipinski definition) is 4. The Morgan fingerprint density at radius 2 is 2.00 bits per heavy atom. The Labute approximate surface area is 78.0 Å². The second-order valence-electron chi connectivity index (χ2n) is 3.14. The minimum Gasteiger partial charge on any atom is -0.395 e. The zero-order valence-electron chi connectivity index (χ0n) is 7.99. The zero-order valence-corrected chi connectivity index (χ0v) is 7.99. The molecule has 1 rings (SSSR count). The van der Waals surface area contributed by atoms with Gasteiger partial charge in [-0.05, 0) is 0 Å². The van der Waals surface area contributed by atoms with Gasteiger partial charge in [0.2, 0.25) is 0 Å². The van der Waals surface area contributed by atoms with Gasteiger partial charge in [0, 0.05) is 12.5 Å². The van der Waals surface area contributed by atoms with Gasteiger partial charge in [0.25, 0.3) is 0 Å². The summed E-state index contributed by atoms with van der Waals surface area (Å²) < 4.78 is 0. The zero-order chi connectivity index (χ0) is 9.68. The van der Waals surface area contributed by atoms with Gasteiger partial charge in [0.1, 0.15) is 5.82 Å². The molecule has 1 aromatic rings. The predicted molar refractivity (Wildman–Crippen MR) is 51.7 cm³/mol. The molecule has 72 valence electrons. The van der Waals surface area contributed by atoms with Crippen LogP contribution >= 0.6 is 0 Å². The first-order valence-corrected chi connectivity index (χ1v) is 4.40. The van der Waals surface area contributed by atoms with Crippen molar-refractivity contribution in [2.24, 2.45) is 0 Å². The highest BCUT2D eigenvalue weighted by Gasteiger charge is 2.01. The molecule has 4 nitrogen and oxygen atoms in total. The van der Waals surface area contributed by atoms with Crippen LogP contribution in [0.2, 0.25) is 0 Å². The topological polar surface area (TPSA) is 58.0 Å². The summed E-state index contributed by atoms with van der Waals surface area (Å²) in [5, 5.41) is 11.6. The van der Waals surface area contributed by atoms with E-state index in [-0.39, 0.29) is 6.61 Å². The molecule has 0 amide bonds. The van der Waals surface area contributed by atoms with Crippen LogP contribution in [0.25, 0.3) is 0 Å². The van der Waals surface area contributed by atoms with Crippen LogP contribution in [0.15, 0.2) is 12.4 Å². The minimum absolute atomic E-state index is 0.117. The first-order valence-electron chi connectivity index (χ1n) is 4.40. The third kappa shape index (κ3) is 2.99. The third-order valence-corrected chi connectivity index (χ3v) is 1.63. The van der Waals surface area contributed by atoms with Crippen LogP contribution in [-0.4, -0.2) is 28.2 Å². The number of aromatic nitrogens is 2. The van der Waals surface area contributed by atoms with Crippen LogP contribution < -0.4 is 5.32 Å². The first kappa shape index (κ1) is 9.92. The summed E-state index contributed by atoms with van der Waals surface area (Å²) in [6.45, 7) is 4.75. The molecule has 0 atom stereocenters. The number of aliphatic hydroxyl groups excluding tert-OH is 1. The number of aliphatic hydroxyl groups is 1. The average molecular weight is 181 g/mol. The van der Waals surface area contributed by atoms with E-state index in [9.17, 15) is 0 Å².